The molecule has 1 rings (SSSR count). The van der Waals surface area contributed by atoms with Gasteiger partial charge in [0, 0.05) is 0 Å². The summed E-state index contributed by atoms with van der Waals surface area (Å²) in [5, 5.41) is 2.61. The lowest BCUT2D eigenvalue weighted by atomic mass is 10.1. The first-order valence-corrected chi connectivity index (χ1v) is 5.45. The molecule has 0 aliphatic rings. The van der Waals surface area contributed by atoms with Gasteiger partial charge >= 0.3 is 6.18 Å². The van der Waals surface area contributed by atoms with Crippen LogP contribution in [0.2, 0.25) is 0 Å². The Hall–Kier alpha value is -1.56. The summed E-state index contributed by atoms with van der Waals surface area (Å²) in [6, 6.07) is 3.63. The van der Waals surface area contributed by atoms with Gasteiger partial charge in [-0.3, -0.25) is 4.79 Å². The number of carbonyl (C=O) groups excluding carboxylic acids is 1. The molecule has 2 atom stereocenters. The number of carbonyl (C=O) groups is 1. The van der Waals surface area contributed by atoms with E-state index in [-0.39, 0.29) is 11.9 Å². The van der Waals surface area contributed by atoms with Crippen LogP contribution in [0.15, 0.2) is 24.3 Å². The highest BCUT2D eigenvalue weighted by Gasteiger charge is 2.30. The molecule has 0 saturated carbocycles. The second kappa shape index (κ2) is 5.39. The van der Waals surface area contributed by atoms with Crippen LogP contribution in [0.5, 0.6) is 0 Å². The predicted octanol–water partition coefficient (Wildman–Crippen LogP) is 2.23. The van der Waals surface area contributed by atoms with E-state index >= 15 is 0 Å². The van der Waals surface area contributed by atoms with Crippen molar-refractivity contribution < 1.29 is 18.0 Å². The maximum absolute atomic E-state index is 12.4. The molecule has 100 valence electrons. The summed E-state index contributed by atoms with van der Waals surface area (Å²) >= 11 is 0. The molecule has 2 unspecified atom stereocenters. The number of benzene rings is 1. The standard InChI is InChI=1S/C12H15F3N2O/c1-7(16)11(18)17-8(2)9-3-5-10(6-4-9)12(13,14)15/h3-8H,16H2,1-2H3,(H,17,18). The van der Waals surface area contributed by atoms with Crippen molar-refractivity contribution in [1.82, 2.24) is 5.32 Å². The Kier molecular flexibility index (Phi) is 4.34. The average Bonchev–Trinajstić information content (AvgIpc) is 2.27. The van der Waals surface area contributed by atoms with Crippen LogP contribution in [0.25, 0.3) is 0 Å². The molecule has 1 amide bonds. The van der Waals surface area contributed by atoms with Crippen LogP contribution >= 0.6 is 0 Å². The quantitative estimate of drug-likeness (QED) is 0.875. The van der Waals surface area contributed by atoms with Gasteiger partial charge in [-0.2, -0.15) is 13.2 Å². The van der Waals surface area contributed by atoms with E-state index in [1.807, 2.05) is 0 Å². The number of alkyl halides is 3. The molecule has 0 fully saturated rings. The summed E-state index contributed by atoms with van der Waals surface area (Å²) in [6.45, 7) is 3.22. The molecule has 3 nitrogen and oxygen atoms in total. The highest BCUT2D eigenvalue weighted by molar-refractivity contribution is 5.81. The average molecular weight is 260 g/mol. The first-order valence-electron chi connectivity index (χ1n) is 5.45. The molecule has 0 spiro atoms. The topological polar surface area (TPSA) is 55.1 Å². The second-order valence-corrected chi connectivity index (χ2v) is 4.14. The van der Waals surface area contributed by atoms with Crippen molar-refractivity contribution in [3.63, 3.8) is 0 Å². The second-order valence-electron chi connectivity index (χ2n) is 4.14. The zero-order valence-electron chi connectivity index (χ0n) is 10.1. The lowest BCUT2D eigenvalue weighted by Gasteiger charge is -2.16. The van der Waals surface area contributed by atoms with E-state index in [1.165, 1.54) is 19.1 Å². The van der Waals surface area contributed by atoms with E-state index in [0.717, 1.165) is 12.1 Å². The van der Waals surface area contributed by atoms with E-state index in [0.29, 0.717) is 5.56 Å². The van der Waals surface area contributed by atoms with Gasteiger partial charge in [-0.1, -0.05) is 12.1 Å². The first kappa shape index (κ1) is 14.5. The maximum atomic E-state index is 12.4. The summed E-state index contributed by atoms with van der Waals surface area (Å²) in [5.74, 6) is -0.345. The molecule has 0 aliphatic heterocycles. The SMILES string of the molecule is CC(N)C(=O)NC(C)c1ccc(C(F)(F)F)cc1. The van der Waals surface area contributed by atoms with Crippen LogP contribution in [-0.4, -0.2) is 11.9 Å². The third kappa shape index (κ3) is 3.73. The summed E-state index contributed by atoms with van der Waals surface area (Å²) in [6.07, 6.45) is -4.35. The molecule has 0 heterocycles. The highest BCUT2D eigenvalue weighted by atomic mass is 19.4. The monoisotopic (exact) mass is 260 g/mol. The summed E-state index contributed by atoms with van der Waals surface area (Å²) < 4.78 is 37.1. The summed E-state index contributed by atoms with van der Waals surface area (Å²) in [5.41, 5.74) is 5.27. The molecular formula is C12H15F3N2O. The van der Waals surface area contributed by atoms with Gasteiger partial charge in [-0.15, -0.1) is 0 Å². The largest absolute Gasteiger partial charge is 0.416 e. The number of amides is 1. The van der Waals surface area contributed by atoms with Crippen molar-refractivity contribution >= 4 is 5.91 Å². The number of hydrogen-bond donors (Lipinski definition) is 2. The lowest BCUT2D eigenvalue weighted by molar-refractivity contribution is -0.137. The summed E-state index contributed by atoms with van der Waals surface area (Å²) in [7, 11) is 0. The maximum Gasteiger partial charge on any atom is 0.416 e. The van der Waals surface area contributed by atoms with E-state index in [1.54, 1.807) is 6.92 Å². The molecule has 1 aromatic rings. The molecule has 6 heteroatoms. The third-order valence-electron chi connectivity index (χ3n) is 2.51. The van der Waals surface area contributed by atoms with Crippen molar-refractivity contribution in [3.8, 4) is 0 Å². The van der Waals surface area contributed by atoms with Gasteiger partial charge in [0.15, 0.2) is 0 Å². The molecule has 3 N–H and O–H groups in total. The van der Waals surface area contributed by atoms with E-state index in [2.05, 4.69) is 5.32 Å². The number of hydrogen-bond acceptors (Lipinski definition) is 2. The highest BCUT2D eigenvalue weighted by Crippen LogP contribution is 2.29. The minimum absolute atomic E-state index is 0.345. The molecule has 0 saturated heterocycles. The fourth-order valence-corrected chi connectivity index (χ4v) is 1.39. The molecule has 0 aromatic heterocycles. The Morgan fingerprint density at radius 2 is 1.72 bits per heavy atom. The van der Waals surface area contributed by atoms with Gasteiger partial charge in [0.05, 0.1) is 17.6 Å². The minimum atomic E-state index is -4.35. The Morgan fingerprint density at radius 1 is 1.22 bits per heavy atom. The van der Waals surface area contributed by atoms with Crippen molar-refractivity contribution in [3.05, 3.63) is 35.4 Å². The van der Waals surface area contributed by atoms with Crippen molar-refractivity contribution in [2.75, 3.05) is 0 Å². The van der Waals surface area contributed by atoms with Gasteiger partial charge in [0.1, 0.15) is 0 Å². The number of halogens is 3. The predicted molar refractivity (Wildman–Crippen MR) is 61.7 cm³/mol. The molecule has 0 aliphatic carbocycles. The van der Waals surface area contributed by atoms with Gasteiger partial charge < -0.3 is 11.1 Å². The number of rotatable bonds is 3. The normalized spacial score (nSPS) is 15.0. The van der Waals surface area contributed by atoms with Crippen LogP contribution < -0.4 is 11.1 Å². The van der Waals surface area contributed by atoms with Gasteiger partial charge in [-0.25, -0.2) is 0 Å². The molecule has 0 radical (unpaired) electrons. The van der Waals surface area contributed by atoms with Gasteiger partial charge in [0.2, 0.25) is 5.91 Å². The minimum Gasteiger partial charge on any atom is -0.348 e. The van der Waals surface area contributed by atoms with Gasteiger partial charge in [-0.05, 0) is 31.5 Å². The molecular weight excluding hydrogens is 245 g/mol. The smallest absolute Gasteiger partial charge is 0.348 e. The van der Waals surface area contributed by atoms with Gasteiger partial charge in [0.25, 0.3) is 0 Å². The van der Waals surface area contributed by atoms with Crippen LogP contribution in [0.1, 0.15) is 31.0 Å². The fraction of sp³-hybridized carbons (Fsp3) is 0.417. The molecule has 1 aromatic carbocycles. The van der Waals surface area contributed by atoms with Crippen molar-refractivity contribution in [1.29, 1.82) is 0 Å². The third-order valence-corrected chi connectivity index (χ3v) is 2.51. The first-order chi connectivity index (χ1) is 8.21. The number of nitrogens with one attached hydrogen (secondary N) is 1. The van der Waals surface area contributed by atoms with E-state index in [9.17, 15) is 18.0 Å². The zero-order valence-corrected chi connectivity index (χ0v) is 10.1. The molecule has 0 bridgehead atoms. The van der Waals surface area contributed by atoms with E-state index in [4.69, 9.17) is 5.73 Å². The summed E-state index contributed by atoms with van der Waals surface area (Å²) in [4.78, 5) is 11.3. The zero-order chi connectivity index (χ0) is 13.9. The van der Waals surface area contributed by atoms with Crippen LogP contribution in [0.4, 0.5) is 13.2 Å². The lowest BCUT2D eigenvalue weighted by Crippen LogP contribution is -2.39. The molecule has 18 heavy (non-hydrogen) atoms. The Morgan fingerprint density at radius 3 is 2.11 bits per heavy atom. The Labute approximate surface area is 103 Å². The van der Waals surface area contributed by atoms with Crippen molar-refractivity contribution in [2.45, 2.75) is 32.1 Å². The van der Waals surface area contributed by atoms with Crippen LogP contribution in [0.3, 0.4) is 0 Å². The number of nitrogens with two attached hydrogens (primary N) is 1. The van der Waals surface area contributed by atoms with Crippen LogP contribution in [-0.2, 0) is 11.0 Å². The Balaban J connectivity index is 2.76. The Bertz CT molecular complexity index is 412. The van der Waals surface area contributed by atoms with Crippen molar-refractivity contribution in [2.24, 2.45) is 5.73 Å². The van der Waals surface area contributed by atoms with E-state index < -0.39 is 17.8 Å². The fourth-order valence-electron chi connectivity index (χ4n) is 1.39. The van der Waals surface area contributed by atoms with Crippen LogP contribution in [0, 0.1) is 0 Å².